The van der Waals surface area contributed by atoms with Gasteiger partial charge in [-0.25, -0.2) is 0 Å². The summed E-state index contributed by atoms with van der Waals surface area (Å²) in [5.41, 5.74) is 0.171. The van der Waals surface area contributed by atoms with Crippen LogP contribution >= 0.6 is 25.3 Å². The minimum atomic E-state index is -0.738. The number of unbranched alkanes of at least 4 members (excludes halogenated alkanes) is 1. The summed E-state index contributed by atoms with van der Waals surface area (Å²) in [6.07, 6.45) is 7.28. The van der Waals surface area contributed by atoms with Crippen LogP contribution in [0.3, 0.4) is 0 Å². The zero-order valence-corrected chi connectivity index (χ0v) is 36.0. The highest BCUT2D eigenvalue weighted by molar-refractivity contribution is 7.81. The fourth-order valence-corrected chi connectivity index (χ4v) is 7.73. The number of quaternary nitrogens is 1. The average Bonchev–Trinajstić information content (AvgIpc) is 2.94. The van der Waals surface area contributed by atoms with Crippen LogP contribution in [0.2, 0.25) is 0 Å². The van der Waals surface area contributed by atoms with Gasteiger partial charge in [-0.2, -0.15) is 25.3 Å². The Morgan fingerprint density at radius 1 is 0.840 bits per heavy atom. The minimum Gasteiger partial charge on any atom is -0.481 e. The smallest absolute Gasteiger partial charge is 0.303 e. The molecule has 3 unspecified atom stereocenters. The maximum atomic E-state index is 13.5. The number of aliphatic carboxylic acids is 1. The fourth-order valence-electron chi connectivity index (χ4n) is 6.90. The molecule has 0 saturated heterocycles. The number of carbonyl (C=O) groups is 4. The Hall–Kier alpha value is -1.46. The van der Waals surface area contributed by atoms with Crippen LogP contribution in [0.5, 0.6) is 0 Å². The van der Waals surface area contributed by atoms with E-state index in [9.17, 15) is 19.2 Å². The largest absolute Gasteiger partial charge is 0.481 e. The van der Waals surface area contributed by atoms with E-state index in [1.165, 1.54) is 0 Å². The van der Waals surface area contributed by atoms with Crippen molar-refractivity contribution in [3.05, 3.63) is 0 Å². The Morgan fingerprint density at radius 3 is 1.92 bits per heavy atom. The van der Waals surface area contributed by atoms with Crippen LogP contribution in [-0.4, -0.2) is 91.7 Å². The summed E-state index contributed by atoms with van der Waals surface area (Å²) >= 11 is 8.56. The van der Waals surface area contributed by atoms with Gasteiger partial charge in [0.05, 0.1) is 40.2 Å². The van der Waals surface area contributed by atoms with E-state index in [2.05, 4.69) is 131 Å². The molecule has 0 heterocycles. The van der Waals surface area contributed by atoms with Gasteiger partial charge in [-0.05, 0) is 59.0 Å². The predicted molar refractivity (Wildman–Crippen MR) is 215 cm³/mol. The quantitative estimate of drug-likeness (QED) is 0.0299. The topological polar surface area (TPSA) is 122 Å². The molecule has 0 aromatic carbocycles. The second-order valence-corrected chi connectivity index (χ2v) is 19.4. The van der Waals surface area contributed by atoms with Crippen LogP contribution in [0.1, 0.15) is 134 Å². The summed E-state index contributed by atoms with van der Waals surface area (Å²) < 4.78 is 5.23. The molecule has 0 aliphatic rings. The van der Waals surface area contributed by atoms with Crippen molar-refractivity contribution in [1.82, 2.24) is 10.6 Å². The van der Waals surface area contributed by atoms with Gasteiger partial charge in [0.15, 0.2) is 0 Å². The molecule has 0 spiro atoms. The van der Waals surface area contributed by atoms with E-state index in [0.717, 1.165) is 61.9 Å². The summed E-state index contributed by atoms with van der Waals surface area (Å²) in [4.78, 5) is 45.4. The molecule has 3 atom stereocenters. The van der Waals surface area contributed by atoms with Gasteiger partial charge in [-0.1, -0.05) is 82.6 Å². The van der Waals surface area contributed by atoms with E-state index in [4.69, 9.17) is 5.11 Å². The molecule has 0 aliphatic carbocycles. The third-order valence-corrected chi connectivity index (χ3v) is 11.0. The third kappa shape index (κ3) is 23.2. The molecular weight excluding hydrogens is 671 g/mol. The van der Waals surface area contributed by atoms with Crippen molar-refractivity contribution in [3.63, 3.8) is 0 Å². The Labute approximate surface area is 318 Å². The van der Waals surface area contributed by atoms with Crippen LogP contribution in [0.15, 0.2) is 0 Å². The van der Waals surface area contributed by atoms with Crippen molar-refractivity contribution in [1.29, 1.82) is 0 Å². The number of nitrogens with one attached hydrogen (secondary N) is 2. The van der Waals surface area contributed by atoms with Crippen molar-refractivity contribution in [2.24, 2.45) is 33.5 Å². The standard InChI is InChI=1S/C28H56N2O3.C11H21NO3S2/c1-21(28(10,11)27(8,9)20-25(2,3)4)23(26(5,6)7)24(33)29-17-15-19-30(12,13)18-14-16-22(31)32;13-9-15-7-6-12-11(14)4-2-1-3-10(17)5-8-16/h21,23H,14-20H2,1-13H3,(H-,29,31,32,33);9-10,16-17H,1-8H2,(H,12,14)/p+1. The number of hydrogen-bond donors (Lipinski definition) is 5. The van der Waals surface area contributed by atoms with Crippen LogP contribution in [0, 0.1) is 33.5 Å². The summed E-state index contributed by atoms with van der Waals surface area (Å²) in [6.45, 7) is 28.5. The van der Waals surface area contributed by atoms with Gasteiger partial charge in [0, 0.05) is 37.0 Å². The summed E-state index contributed by atoms with van der Waals surface area (Å²) in [6, 6.07) is 0. The second-order valence-electron chi connectivity index (χ2n) is 18.2. The van der Waals surface area contributed by atoms with Crippen LogP contribution < -0.4 is 10.6 Å². The maximum absolute atomic E-state index is 13.5. The molecule has 2 amide bonds. The SMILES string of the molecule is CC(C(C(=O)NCCC[N+](C)(C)CCCC(=O)O)C(C)(C)C)C(C)(C)C(C)(C)CC(C)(C)C.O=COCCNC(=O)CCCCC(S)CCS. The van der Waals surface area contributed by atoms with Crippen molar-refractivity contribution in [2.75, 3.05) is 52.6 Å². The van der Waals surface area contributed by atoms with Crippen LogP contribution in [0.4, 0.5) is 0 Å². The van der Waals surface area contributed by atoms with Crippen molar-refractivity contribution < 1.29 is 33.5 Å². The first kappa shape index (κ1) is 50.6. The number of carboxylic acids is 1. The summed E-state index contributed by atoms with van der Waals surface area (Å²) in [7, 11) is 4.26. The Bertz CT molecular complexity index is 989. The van der Waals surface area contributed by atoms with Gasteiger partial charge in [0.1, 0.15) is 6.61 Å². The van der Waals surface area contributed by atoms with E-state index < -0.39 is 5.97 Å². The number of carboxylic acid groups (broad SMARTS) is 1. The highest BCUT2D eigenvalue weighted by atomic mass is 32.1. The second kappa shape index (κ2) is 24.0. The highest BCUT2D eigenvalue weighted by Crippen LogP contribution is 2.54. The van der Waals surface area contributed by atoms with Crippen molar-refractivity contribution in [2.45, 2.75) is 139 Å². The van der Waals surface area contributed by atoms with Gasteiger partial charge in [-0.3, -0.25) is 19.2 Å². The average molecular weight is 749 g/mol. The lowest BCUT2D eigenvalue weighted by Gasteiger charge is -2.52. The Morgan fingerprint density at radius 2 is 1.42 bits per heavy atom. The number of hydrogen-bond acceptors (Lipinski definition) is 7. The lowest BCUT2D eigenvalue weighted by molar-refractivity contribution is -0.890. The van der Waals surface area contributed by atoms with Crippen LogP contribution in [0.25, 0.3) is 0 Å². The molecule has 0 saturated carbocycles. The number of thiol groups is 2. The predicted octanol–water partition coefficient (Wildman–Crippen LogP) is 7.68. The summed E-state index contributed by atoms with van der Waals surface area (Å²) in [5.74, 6) is 0.419. The molecule has 296 valence electrons. The van der Waals surface area contributed by atoms with Crippen LogP contribution in [-0.2, 0) is 23.9 Å². The lowest BCUT2D eigenvalue weighted by Crippen LogP contribution is -2.51. The maximum Gasteiger partial charge on any atom is 0.303 e. The summed E-state index contributed by atoms with van der Waals surface area (Å²) in [5, 5.41) is 15.2. The third-order valence-electron chi connectivity index (χ3n) is 10.2. The van der Waals surface area contributed by atoms with E-state index >= 15 is 0 Å². The molecule has 0 fully saturated rings. The normalized spacial score (nSPS) is 14.5. The van der Waals surface area contributed by atoms with Crippen molar-refractivity contribution >= 4 is 49.5 Å². The molecule has 0 rings (SSSR count). The Balaban J connectivity index is 0. The molecule has 0 aromatic rings. The first-order valence-corrected chi connectivity index (χ1v) is 19.8. The van der Waals surface area contributed by atoms with E-state index in [-0.39, 0.29) is 58.3 Å². The number of nitrogens with zero attached hydrogens (tertiary/aromatic N) is 1. The lowest BCUT2D eigenvalue weighted by atomic mass is 9.52. The first-order chi connectivity index (χ1) is 22.7. The van der Waals surface area contributed by atoms with Gasteiger partial charge in [0.25, 0.3) is 6.47 Å². The fraction of sp³-hybridized carbons (Fsp3) is 0.897. The van der Waals surface area contributed by atoms with Gasteiger partial charge >= 0.3 is 5.97 Å². The number of ether oxygens (including phenoxy) is 1. The molecule has 9 nitrogen and oxygen atoms in total. The molecule has 0 bridgehead atoms. The Kier molecular flexibility index (Phi) is 24.3. The molecule has 0 aromatic heterocycles. The minimum absolute atomic E-state index is 0.00408. The number of carbonyl (C=O) groups excluding carboxylic acids is 3. The highest BCUT2D eigenvalue weighted by Gasteiger charge is 2.49. The van der Waals surface area contributed by atoms with Crippen molar-refractivity contribution in [3.8, 4) is 0 Å². The molecule has 11 heteroatoms. The number of rotatable bonds is 24. The van der Waals surface area contributed by atoms with E-state index in [0.29, 0.717) is 37.7 Å². The molecule has 50 heavy (non-hydrogen) atoms. The van der Waals surface area contributed by atoms with Gasteiger partial charge in [0.2, 0.25) is 11.8 Å². The van der Waals surface area contributed by atoms with E-state index in [1.54, 1.807) is 0 Å². The molecule has 0 radical (unpaired) electrons. The molecule has 0 aliphatic heterocycles. The molecule has 3 N–H and O–H groups in total. The van der Waals surface area contributed by atoms with E-state index in [1.807, 2.05) is 0 Å². The zero-order chi connectivity index (χ0) is 39.4. The zero-order valence-electron chi connectivity index (χ0n) is 34.2. The molecular formula is C39H78N3O6S2+. The van der Waals surface area contributed by atoms with Gasteiger partial charge in [-0.15, -0.1) is 0 Å². The van der Waals surface area contributed by atoms with Gasteiger partial charge < -0.3 is 25.0 Å². The number of amides is 2. The first-order valence-electron chi connectivity index (χ1n) is 18.7. The monoisotopic (exact) mass is 749 g/mol.